The Morgan fingerprint density at radius 1 is 1.62 bits per heavy atom. The normalized spacial score (nSPS) is 9.19. The fourth-order valence-corrected chi connectivity index (χ4v) is 1.20. The highest BCUT2D eigenvalue weighted by Gasteiger charge is 2.20. The number of terminal acetylenes is 1. The SMILES string of the molecule is C#CCNc1c(C(=O)O)cccc1[N+](=O)[O-]. The Morgan fingerprint density at radius 3 is 2.81 bits per heavy atom. The molecule has 16 heavy (non-hydrogen) atoms. The topological polar surface area (TPSA) is 92.5 Å². The first-order chi connectivity index (χ1) is 7.57. The number of nitro benzene ring substituents is 1. The molecular weight excluding hydrogens is 212 g/mol. The number of nitro groups is 1. The Bertz CT molecular complexity index is 444. The molecule has 0 atom stereocenters. The first-order valence-corrected chi connectivity index (χ1v) is 4.26. The third-order valence-corrected chi connectivity index (χ3v) is 1.84. The minimum atomic E-state index is -1.25. The van der Waals surface area contributed by atoms with E-state index in [1.807, 2.05) is 0 Å². The zero-order chi connectivity index (χ0) is 12.1. The molecule has 1 rings (SSSR count). The van der Waals surface area contributed by atoms with Crippen LogP contribution in [-0.4, -0.2) is 22.5 Å². The molecule has 1 aromatic rings. The summed E-state index contributed by atoms with van der Waals surface area (Å²) >= 11 is 0. The summed E-state index contributed by atoms with van der Waals surface area (Å²) in [6, 6.07) is 3.79. The standard InChI is InChI=1S/C10H8N2O4/c1-2-6-11-9-7(10(13)14)4-3-5-8(9)12(15)16/h1,3-5,11H,6H2,(H,13,14). The molecule has 82 valence electrons. The summed E-state index contributed by atoms with van der Waals surface area (Å²) in [5.74, 6) is 0.975. The van der Waals surface area contributed by atoms with Gasteiger partial charge in [-0.25, -0.2) is 4.79 Å². The molecule has 0 unspecified atom stereocenters. The van der Waals surface area contributed by atoms with Crippen molar-refractivity contribution in [2.45, 2.75) is 0 Å². The molecule has 0 aliphatic rings. The van der Waals surface area contributed by atoms with Gasteiger partial charge in [-0.05, 0) is 6.07 Å². The predicted molar refractivity (Wildman–Crippen MR) is 57.4 cm³/mol. The molecule has 6 heteroatoms. The third kappa shape index (κ3) is 2.27. The Hall–Kier alpha value is -2.55. The van der Waals surface area contributed by atoms with Gasteiger partial charge in [-0.3, -0.25) is 10.1 Å². The molecule has 0 spiro atoms. The molecule has 0 bridgehead atoms. The van der Waals surface area contributed by atoms with Gasteiger partial charge in [0.1, 0.15) is 5.69 Å². The van der Waals surface area contributed by atoms with Crippen LogP contribution in [0.4, 0.5) is 11.4 Å². The van der Waals surface area contributed by atoms with E-state index < -0.39 is 10.9 Å². The number of hydrogen-bond acceptors (Lipinski definition) is 4. The zero-order valence-corrected chi connectivity index (χ0v) is 8.14. The lowest BCUT2D eigenvalue weighted by Gasteiger charge is -2.07. The lowest BCUT2D eigenvalue weighted by Crippen LogP contribution is -2.09. The van der Waals surface area contributed by atoms with Gasteiger partial charge in [0.25, 0.3) is 5.69 Å². The van der Waals surface area contributed by atoms with Gasteiger partial charge < -0.3 is 10.4 Å². The van der Waals surface area contributed by atoms with Crippen molar-refractivity contribution in [3.05, 3.63) is 33.9 Å². The number of carbonyl (C=O) groups is 1. The van der Waals surface area contributed by atoms with E-state index in [1.54, 1.807) is 0 Å². The van der Waals surface area contributed by atoms with Crippen LogP contribution in [0.15, 0.2) is 18.2 Å². The van der Waals surface area contributed by atoms with Crippen LogP contribution in [0.3, 0.4) is 0 Å². The molecular formula is C10H8N2O4. The van der Waals surface area contributed by atoms with Crippen molar-refractivity contribution in [2.75, 3.05) is 11.9 Å². The fourth-order valence-electron chi connectivity index (χ4n) is 1.20. The van der Waals surface area contributed by atoms with E-state index in [-0.39, 0.29) is 23.5 Å². The maximum atomic E-state index is 10.8. The number of hydrogen-bond donors (Lipinski definition) is 2. The van der Waals surface area contributed by atoms with Gasteiger partial charge in [0.15, 0.2) is 0 Å². The van der Waals surface area contributed by atoms with Crippen molar-refractivity contribution in [1.29, 1.82) is 0 Å². The van der Waals surface area contributed by atoms with Crippen LogP contribution in [0.25, 0.3) is 0 Å². The fraction of sp³-hybridized carbons (Fsp3) is 0.100. The number of para-hydroxylation sites is 1. The molecule has 0 fully saturated rings. The average Bonchev–Trinajstić information content (AvgIpc) is 2.25. The summed E-state index contributed by atoms with van der Waals surface area (Å²) in [5.41, 5.74) is -0.558. The lowest BCUT2D eigenvalue weighted by molar-refractivity contribution is -0.384. The van der Waals surface area contributed by atoms with Crippen LogP contribution >= 0.6 is 0 Å². The maximum Gasteiger partial charge on any atom is 0.338 e. The van der Waals surface area contributed by atoms with E-state index in [4.69, 9.17) is 11.5 Å². The van der Waals surface area contributed by atoms with Gasteiger partial charge >= 0.3 is 5.97 Å². The van der Waals surface area contributed by atoms with Gasteiger partial charge in [0, 0.05) is 6.07 Å². The summed E-state index contributed by atoms with van der Waals surface area (Å²) in [6.07, 6.45) is 5.00. The molecule has 0 amide bonds. The van der Waals surface area contributed by atoms with Crippen molar-refractivity contribution in [1.82, 2.24) is 0 Å². The van der Waals surface area contributed by atoms with Crippen LogP contribution in [-0.2, 0) is 0 Å². The van der Waals surface area contributed by atoms with Gasteiger partial charge in [0.05, 0.1) is 17.0 Å². The Balaban J connectivity index is 3.30. The van der Waals surface area contributed by atoms with Crippen LogP contribution in [0.2, 0.25) is 0 Å². The highest BCUT2D eigenvalue weighted by molar-refractivity contribution is 5.96. The molecule has 0 heterocycles. The second-order valence-corrected chi connectivity index (χ2v) is 2.82. The Labute approximate surface area is 91.0 Å². The number of carboxylic acids is 1. The maximum absolute atomic E-state index is 10.8. The lowest BCUT2D eigenvalue weighted by atomic mass is 10.1. The molecule has 0 aliphatic carbocycles. The molecule has 0 aliphatic heterocycles. The minimum absolute atomic E-state index is 0.0190. The summed E-state index contributed by atoms with van der Waals surface area (Å²) < 4.78 is 0. The van der Waals surface area contributed by atoms with Crippen LogP contribution in [0.5, 0.6) is 0 Å². The average molecular weight is 220 g/mol. The molecule has 6 nitrogen and oxygen atoms in total. The summed E-state index contributed by atoms with van der Waals surface area (Å²) in [7, 11) is 0. The molecule has 0 saturated heterocycles. The van der Waals surface area contributed by atoms with E-state index in [1.165, 1.54) is 18.2 Å². The molecule has 0 saturated carbocycles. The number of nitrogens with zero attached hydrogens (tertiary/aromatic N) is 1. The second-order valence-electron chi connectivity index (χ2n) is 2.82. The van der Waals surface area contributed by atoms with E-state index in [0.29, 0.717) is 0 Å². The van der Waals surface area contributed by atoms with Crippen molar-refractivity contribution < 1.29 is 14.8 Å². The third-order valence-electron chi connectivity index (χ3n) is 1.84. The number of benzene rings is 1. The number of carboxylic acid groups (broad SMARTS) is 1. The smallest absolute Gasteiger partial charge is 0.338 e. The van der Waals surface area contributed by atoms with Crippen LogP contribution in [0.1, 0.15) is 10.4 Å². The van der Waals surface area contributed by atoms with Crippen molar-refractivity contribution in [2.24, 2.45) is 0 Å². The van der Waals surface area contributed by atoms with Crippen molar-refractivity contribution >= 4 is 17.3 Å². The molecule has 1 aromatic carbocycles. The molecule has 0 radical (unpaired) electrons. The number of nitrogens with one attached hydrogen (secondary N) is 1. The minimum Gasteiger partial charge on any atom is -0.478 e. The van der Waals surface area contributed by atoms with Gasteiger partial charge in [-0.1, -0.05) is 12.0 Å². The second kappa shape index (κ2) is 4.79. The highest BCUT2D eigenvalue weighted by Crippen LogP contribution is 2.27. The van der Waals surface area contributed by atoms with Crippen molar-refractivity contribution in [3.63, 3.8) is 0 Å². The van der Waals surface area contributed by atoms with E-state index in [9.17, 15) is 14.9 Å². The monoisotopic (exact) mass is 220 g/mol. The van der Waals surface area contributed by atoms with Gasteiger partial charge in [-0.2, -0.15) is 0 Å². The summed E-state index contributed by atoms with van der Waals surface area (Å²) in [5, 5.41) is 22.1. The van der Waals surface area contributed by atoms with E-state index >= 15 is 0 Å². The van der Waals surface area contributed by atoms with E-state index in [2.05, 4.69) is 11.2 Å². The predicted octanol–water partition coefficient (Wildman–Crippen LogP) is 1.34. The summed E-state index contributed by atoms with van der Waals surface area (Å²) in [4.78, 5) is 20.9. The molecule has 2 N–H and O–H groups in total. The van der Waals surface area contributed by atoms with Gasteiger partial charge in [-0.15, -0.1) is 6.42 Å². The van der Waals surface area contributed by atoms with Crippen molar-refractivity contribution in [3.8, 4) is 12.3 Å². The number of rotatable bonds is 4. The number of aromatic carboxylic acids is 1. The molecule has 0 aromatic heterocycles. The highest BCUT2D eigenvalue weighted by atomic mass is 16.6. The zero-order valence-electron chi connectivity index (χ0n) is 8.14. The first-order valence-electron chi connectivity index (χ1n) is 4.26. The van der Waals surface area contributed by atoms with E-state index in [0.717, 1.165) is 0 Å². The number of anilines is 1. The Kier molecular flexibility index (Phi) is 3.45. The van der Waals surface area contributed by atoms with Gasteiger partial charge in [0.2, 0.25) is 0 Å². The quantitative estimate of drug-likeness (QED) is 0.453. The largest absolute Gasteiger partial charge is 0.478 e. The first kappa shape index (κ1) is 11.5. The summed E-state index contributed by atoms with van der Waals surface area (Å²) in [6.45, 7) is 0.0190. The van der Waals surface area contributed by atoms with Crippen LogP contribution < -0.4 is 5.32 Å². The Morgan fingerprint density at radius 2 is 2.31 bits per heavy atom. The van der Waals surface area contributed by atoms with Crippen LogP contribution in [0, 0.1) is 22.5 Å².